The lowest BCUT2D eigenvalue weighted by Gasteiger charge is -2.34. The maximum Gasteiger partial charge on any atom is 0.222 e. The van der Waals surface area contributed by atoms with E-state index < -0.39 is 0 Å². The molecule has 0 heterocycles. The summed E-state index contributed by atoms with van der Waals surface area (Å²) in [6.45, 7) is 0.527. The molecule has 0 spiro atoms. The van der Waals surface area contributed by atoms with Gasteiger partial charge in [-0.1, -0.05) is 19.3 Å². The van der Waals surface area contributed by atoms with Crippen molar-refractivity contribution in [2.24, 2.45) is 0 Å². The van der Waals surface area contributed by atoms with Gasteiger partial charge in [0.05, 0.1) is 6.61 Å². The molecule has 0 aromatic carbocycles. The van der Waals surface area contributed by atoms with Crippen molar-refractivity contribution in [1.82, 2.24) is 4.90 Å². The first-order valence-corrected chi connectivity index (χ1v) is 6.30. The van der Waals surface area contributed by atoms with Gasteiger partial charge in [-0.3, -0.25) is 4.79 Å². The Labute approximate surface area is 97.3 Å². The van der Waals surface area contributed by atoms with Gasteiger partial charge >= 0.3 is 0 Å². The maximum absolute atomic E-state index is 11.9. The van der Waals surface area contributed by atoms with Crippen LogP contribution in [0.3, 0.4) is 0 Å². The fraction of sp³-hybridized carbons (Fsp3) is 0.917. The third kappa shape index (κ3) is 4.10. The molecule has 1 saturated carbocycles. The van der Waals surface area contributed by atoms with Gasteiger partial charge in [0, 0.05) is 25.6 Å². The van der Waals surface area contributed by atoms with Crippen LogP contribution in [0.4, 0.5) is 0 Å². The molecule has 4 nitrogen and oxygen atoms in total. The van der Waals surface area contributed by atoms with E-state index in [9.17, 15) is 4.79 Å². The second-order valence-corrected chi connectivity index (χ2v) is 4.43. The number of hydrogen-bond donors (Lipinski definition) is 2. The van der Waals surface area contributed by atoms with Crippen LogP contribution in [0.25, 0.3) is 0 Å². The van der Waals surface area contributed by atoms with E-state index in [1.54, 1.807) is 0 Å². The van der Waals surface area contributed by atoms with E-state index in [4.69, 9.17) is 10.2 Å². The second kappa shape index (κ2) is 7.63. The van der Waals surface area contributed by atoms with E-state index in [1.807, 2.05) is 4.90 Å². The van der Waals surface area contributed by atoms with Crippen LogP contribution in [0, 0.1) is 0 Å². The summed E-state index contributed by atoms with van der Waals surface area (Å²) < 4.78 is 0. The summed E-state index contributed by atoms with van der Waals surface area (Å²) in [6, 6.07) is 0.312. The highest BCUT2D eigenvalue weighted by Gasteiger charge is 2.24. The second-order valence-electron chi connectivity index (χ2n) is 4.43. The van der Waals surface area contributed by atoms with Gasteiger partial charge < -0.3 is 15.1 Å². The summed E-state index contributed by atoms with van der Waals surface area (Å²) in [5.74, 6) is 0.0787. The summed E-state index contributed by atoms with van der Waals surface area (Å²) in [5, 5.41) is 17.7. The lowest BCUT2D eigenvalue weighted by molar-refractivity contribution is -0.135. The highest BCUT2D eigenvalue weighted by Crippen LogP contribution is 2.23. The molecule has 1 amide bonds. The number of rotatable bonds is 6. The molecule has 0 saturated heterocycles. The average molecular weight is 229 g/mol. The Morgan fingerprint density at radius 1 is 1.12 bits per heavy atom. The van der Waals surface area contributed by atoms with Crippen molar-refractivity contribution in [1.29, 1.82) is 0 Å². The molecule has 0 aliphatic heterocycles. The predicted molar refractivity (Wildman–Crippen MR) is 62.0 cm³/mol. The minimum absolute atomic E-state index is 0.0291. The van der Waals surface area contributed by atoms with Crippen LogP contribution in [-0.2, 0) is 4.79 Å². The third-order valence-corrected chi connectivity index (χ3v) is 3.23. The summed E-state index contributed by atoms with van der Waals surface area (Å²) in [5.41, 5.74) is 0. The SMILES string of the molecule is O=C(CCCO)N(CCO)C1CCCCC1. The zero-order valence-corrected chi connectivity index (χ0v) is 9.90. The van der Waals surface area contributed by atoms with Crippen molar-refractivity contribution in [3.8, 4) is 0 Å². The molecular formula is C12H23NO3. The van der Waals surface area contributed by atoms with E-state index in [0.29, 0.717) is 25.4 Å². The van der Waals surface area contributed by atoms with Crippen LogP contribution in [0.1, 0.15) is 44.9 Å². The van der Waals surface area contributed by atoms with Crippen LogP contribution in [0.5, 0.6) is 0 Å². The molecular weight excluding hydrogens is 206 g/mol. The number of amides is 1. The first-order valence-electron chi connectivity index (χ1n) is 6.30. The Bertz CT molecular complexity index is 202. The van der Waals surface area contributed by atoms with Gasteiger partial charge in [0.15, 0.2) is 0 Å². The van der Waals surface area contributed by atoms with Crippen molar-refractivity contribution < 1.29 is 15.0 Å². The minimum atomic E-state index is 0.0291. The molecule has 4 heteroatoms. The molecule has 0 radical (unpaired) electrons. The first kappa shape index (κ1) is 13.5. The highest BCUT2D eigenvalue weighted by molar-refractivity contribution is 5.76. The molecule has 0 atom stereocenters. The largest absolute Gasteiger partial charge is 0.396 e. The zero-order chi connectivity index (χ0) is 11.8. The molecule has 0 aromatic rings. The van der Waals surface area contributed by atoms with E-state index in [1.165, 1.54) is 19.3 Å². The van der Waals surface area contributed by atoms with Crippen LogP contribution in [0.2, 0.25) is 0 Å². The van der Waals surface area contributed by atoms with Gasteiger partial charge in [-0.2, -0.15) is 0 Å². The normalized spacial score (nSPS) is 17.4. The van der Waals surface area contributed by atoms with Crippen molar-refractivity contribution >= 4 is 5.91 Å². The Hall–Kier alpha value is -0.610. The van der Waals surface area contributed by atoms with E-state index in [2.05, 4.69) is 0 Å². The fourth-order valence-corrected chi connectivity index (χ4v) is 2.39. The van der Waals surface area contributed by atoms with Crippen LogP contribution in [-0.4, -0.2) is 46.8 Å². The van der Waals surface area contributed by atoms with Gasteiger partial charge in [0.2, 0.25) is 5.91 Å². The van der Waals surface area contributed by atoms with Gasteiger partial charge in [0.25, 0.3) is 0 Å². The van der Waals surface area contributed by atoms with Gasteiger partial charge in [-0.15, -0.1) is 0 Å². The van der Waals surface area contributed by atoms with Crippen molar-refractivity contribution in [2.75, 3.05) is 19.8 Å². The third-order valence-electron chi connectivity index (χ3n) is 3.23. The quantitative estimate of drug-likeness (QED) is 0.712. The molecule has 0 aromatic heterocycles. The number of carbonyl (C=O) groups is 1. The molecule has 0 unspecified atom stereocenters. The van der Waals surface area contributed by atoms with Gasteiger partial charge in [-0.05, 0) is 19.3 Å². The molecule has 1 aliphatic rings. The predicted octanol–water partition coefficient (Wildman–Crippen LogP) is 0.912. The highest BCUT2D eigenvalue weighted by atomic mass is 16.3. The van der Waals surface area contributed by atoms with E-state index in [-0.39, 0.29) is 19.1 Å². The Balaban J connectivity index is 2.47. The Morgan fingerprint density at radius 3 is 2.38 bits per heavy atom. The van der Waals surface area contributed by atoms with Crippen LogP contribution >= 0.6 is 0 Å². The summed E-state index contributed by atoms with van der Waals surface area (Å²) in [7, 11) is 0. The Kier molecular flexibility index (Phi) is 6.42. The first-order chi connectivity index (χ1) is 7.79. The van der Waals surface area contributed by atoms with E-state index in [0.717, 1.165) is 12.8 Å². The monoisotopic (exact) mass is 229 g/mol. The number of aliphatic hydroxyl groups is 2. The molecule has 16 heavy (non-hydrogen) atoms. The molecule has 0 bridgehead atoms. The fourth-order valence-electron chi connectivity index (χ4n) is 2.39. The Morgan fingerprint density at radius 2 is 1.81 bits per heavy atom. The van der Waals surface area contributed by atoms with Crippen molar-refractivity contribution in [3.63, 3.8) is 0 Å². The minimum Gasteiger partial charge on any atom is -0.396 e. The van der Waals surface area contributed by atoms with E-state index >= 15 is 0 Å². The molecule has 2 N–H and O–H groups in total. The lowest BCUT2D eigenvalue weighted by Crippen LogP contribution is -2.43. The molecule has 1 fully saturated rings. The summed E-state index contributed by atoms with van der Waals surface area (Å²) in [4.78, 5) is 13.7. The van der Waals surface area contributed by atoms with Crippen molar-refractivity contribution in [3.05, 3.63) is 0 Å². The van der Waals surface area contributed by atoms with Crippen molar-refractivity contribution in [2.45, 2.75) is 51.0 Å². The zero-order valence-electron chi connectivity index (χ0n) is 9.90. The molecule has 1 aliphatic carbocycles. The summed E-state index contributed by atoms with van der Waals surface area (Å²) >= 11 is 0. The maximum atomic E-state index is 11.9. The number of nitrogens with zero attached hydrogens (tertiary/aromatic N) is 1. The van der Waals surface area contributed by atoms with Gasteiger partial charge in [-0.25, -0.2) is 0 Å². The van der Waals surface area contributed by atoms with Crippen LogP contribution < -0.4 is 0 Å². The average Bonchev–Trinajstić information content (AvgIpc) is 2.34. The topological polar surface area (TPSA) is 60.8 Å². The number of aliphatic hydroxyl groups excluding tert-OH is 2. The molecule has 1 rings (SSSR count). The molecule has 94 valence electrons. The lowest BCUT2D eigenvalue weighted by atomic mass is 9.94. The van der Waals surface area contributed by atoms with Crippen LogP contribution in [0.15, 0.2) is 0 Å². The number of hydrogen-bond acceptors (Lipinski definition) is 3. The van der Waals surface area contributed by atoms with Gasteiger partial charge in [0.1, 0.15) is 0 Å². The smallest absolute Gasteiger partial charge is 0.222 e. The number of carbonyl (C=O) groups excluding carboxylic acids is 1. The summed E-state index contributed by atoms with van der Waals surface area (Å²) in [6.07, 6.45) is 6.66. The standard InChI is InChI=1S/C12H23NO3/c14-9-4-7-12(16)13(8-10-15)11-5-2-1-3-6-11/h11,14-15H,1-10H2.